The van der Waals surface area contributed by atoms with Gasteiger partial charge >= 0.3 is 5.97 Å². The number of hydrogen-bond acceptors (Lipinski definition) is 3. The van der Waals surface area contributed by atoms with Crippen LogP contribution in [0.25, 0.3) is 0 Å². The van der Waals surface area contributed by atoms with E-state index >= 15 is 0 Å². The van der Waals surface area contributed by atoms with Crippen molar-refractivity contribution >= 4 is 23.6 Å². The van der Waals surface area contributed by atoms with Crippen LogP contribution in [0.3, 0.4) is 0 Å². The molecule has 5 heteroatoms. The van der Waals surface area contributed by atoms with Crippen LogP contribution in [-0.2, 0) is 9.59 Å². The van der Waals surface area contributed by atoms with Crippen molar-refractivity contribution in [1.29, 1.82) is 0 Å². The third kappa shape index (κ3) is 9.29. The molecule has 0 heterocycles. The Kier molecular flexibility index (Phi) is 5.64. The molecule has 1 amide bonds. The average Bonchev–Trinajstić information content (AvgIpc) is 1.85. The first kappa shape index (κ1) is 10.3. The average molecular weight is 177 g/mol. The Bertz CT molecular complexity index is 133. The summed E-state index contributed by atoms with van der Waals surface area (Å²) in [6, 6.07) is 0. The van der Waals surface area contributed by atoms with Gasteiger partial charge < -0.3 is 10.8 Å². The summed E-state index contributed by atoms with van der Waals surface area (Å²) in [5.41, 5.74) is 4.87. The Balaban J connectivity index is 3.03. The van der Waals surface area contributed by atoms with Crippen LogP contribution < -0.4 is 5.73 Å². The van der Waals surface area contributed by atoms with Gasteiger partial charge in [0.25, 0.3) is 0 Å². The van der Waals surface area contributed by atoms with Crippen molar-refractivity contribution in [3.05, 3.63) is 0 Å². The van der Waals surface area contributed by atoms with Crippen molar-refractivity contribution in [3.8, 4) is 0 Å². The van der Waals surface area contributed by atoms with E-state index in [0.29, 0.717) is 17.9 Å². The van der Waals surface area contributed by atoms with Crippen LogP contribution in [0.15, 0.2) is 0 Å². The quantitative estimate of drug-likeness (QED) is 0.562. The summed E-state index contributed by atoms with van der Waals surface area (Å²) in [4.78, 5) is 20.2. The lowest BCUT2D eigenvalue weighted by Crippen LogP contribution is -2.11. The monoisotopic (exact) mass is 177 g/mol. The molecule has 0 aromatic rings. The minimum atomic E-state index is -0.809. The number of primary amides is 1. The van der Waals surface area contributed by atoms with Crippen molar-refractivity contribution in [2.45, 2.75) is 12.8 Å². The molecule has 3 N–H and O–H groups in total. The van der Waals surface area contributed by atoms with Crippen molar-refractivity contribution in [2.75, 3.05) is 11.5 Å². The topological polar surface area (TPSA) is 80.4 Å². The zero-order chi connectivity index (χ0) is 8.69. The third-order valence-corrected chi connectivity index (χ3v) is 1.94. The van der Waals surface area contributed by atoms with E-state index in [0.717, 1.165) is 0 Å². The number of nitrogens with two attached hydrogens (primary N) is 1. The second kappa shape index (κ2) is 6.03. The predicted octanol–water partition coefficient (Wildman–Crippen LogP) is 0.0697. The van der Waals surface area contributed by atoms with Gasteiger partial charge in [-0.25, -0.2) is 0 Å². The molecule has 0 atom stereocenters. The van der Waals surface area contributed by atoms with E-state index in [1.807, 2.05) is 0 Å². The van der Waals surface area contributed by atoms with Gasteiger partial charge in [0.15, 0.2) is 0 Å². The van der Waals surface area contributed by atoms with Gasteiger partial charge in [-0.15, -0.1) is 0 Å². The van der Waals surface area contributed by atoms with Crippen molar-refractivity contribution in [3.63, 3.8) is 0 Å². The summed E-state index contributed by atoms with van der Waals surface area (Å²) in [5.74, 6) is 0.00926. The number of hydrogen-bond donors (Lipinski definition) is 2. The summed E-state index contributed by atoms with van der Waals surface area (Å²) >= 11 is 1.43. The first-order chi connectivity index (χ1) is 5.13. The van der Waals surface area contributed by atoms with Crippen molar-refractivity contribution < 1.29 is 14.7 Å². The predicted molar refractivity (Wildman–Crippen MR) is 43.4 cm³/mol. The lowest BCUT2D eigenvalue weighted by atomic mass is 10.5. The van der Waals surface area contributed by atoms with Crippen molar-refractivity contribution in [2.24, 2.45) is 5.73 Å². The Morgan fingerprint density at radius 2 is 1.82 bits per heavy atom. The molecule has 64 valence electrons. The fourth-order valence-corrected chi connectivity index (χ4v) is 1.30. The lowest BCUT2D eigenvalue weighted by Gasteiger charge is -1.95. The molecule has 0 unspecified atom stereocenters. The summed E-state index contributed by atoms with van der Waals surface area (Å²) in [7, 11) is 0. The number of amides is 1. The smallest absolute Gasteiger partial charge is 0.304 e. The van der Waals surface area contributed by atoms with Crippen LogP contribution in [0.4, 0.5) is 0 Å². The molecular formula is C6H11NO3S. The van der Waals surface area contributed by atoms with Gasteiger partial charge in [-0.1, -0.05) is 0 Å². The number of carbonyl (C=O) groups is 2. The molecule has 0 aliphatic rings. The minimum Gasteiger partial charge on any atom is -0.481 e. The summed E-state index contributed by atoms with van der Waals surface area (Å²) in [5, 5.41) is 8.22. The molecule has 11 heavy (non-hydrogen) atoms. The second-order valence-electron chi connectivity index (χ2n) is 1.97. The lowest BCUT2D eigenvalue weighted by molar-refractivity contribution is -0.136. The maximum atomic E-state index is 10.2. The van der Waals surface area contributed by atoms with E-state index in [1.165, 1.54) is 11.8 Å². The van der Waals surface area contributed by atoms with Gasteiger partial charge in [0.05, 0.1) is 6.42 Å². The van der Waals surface area contributed by atoms with Gasteiger partial charge in [0.1, 0.15) is 0 Å². The molecule has 0 bridgehead atoms. The van der Waals surface area contributed by atoms with Gasteiger partial charge in [0.2, 0.25) is 5.91 Å². The van der Waals surface area contributed by atoms with Crippen LogP contribution >= 0.6 is 11.8 Å². The summed E-state index contributed by atoms with van der Waals surface area (Å²) in [6.45, 7) is 0. The van der Waals surface area contributed by atoms with Gasteiger partial charge in [-0.3, -0.25) is 9.59 Å². The molecular weight excluding hydrogens is 166 g/mol. The molecule has 0 aromatic carbocycles. The maximum Gasteiger partial charge on any atom is 0.304 e. The van der Waals surface area contributed by atoms with Crippen LogP contribution in [-0.4, -0.2) is 28.5 Å². The first-order valence-electron chi connectivity index (χ1n) is 3.20. The van der Waals surface area contributed by atoms with Crippen LogP contribution in [0, 0.1) is 0 Å². The molecule has 0 fully saturated rings. The van der Waals surface area contributed by atoms with Crippen molar-refractivity contribution in [1.82, 2.24) is 0 Å². The highest BCUT2D eigenvalue weighted by atomic mass is 32.2. The standard InChI is InChI=1S/C6H11NO3S/c7-5(8)1-3-11-4-2-6(9)10/h1-4H2,(H2,7,8)(H,9,10). The molecule has 0 aliphatic heterocycles. The van der Waals surface area contributed by atoms with Crippen LogP contribution in [0.1, 0.15) is 12.8 Å². The number of carboxylic acids is 1. The molecule has 0 saturated carbocycles. The zero-order valence-corrected chi connectivity index (χ0v) is 6.89. The number of rotatable bonds is 6. The summed E-state index contributed by atoms with van der Waals surface area (Å²) in [6.07, 6.45) is 0.466. The normalized spacial score (nSPS) is 9.45. The maximum absolute atomic E-state index is 10.2. The highest BCUT2D eigenvalue weighted by Gasteiger charge is 1.97. The third-order valence-electron chi connectivity index (χ3n) is 0.953. The highest BCUT2D eigenvalue weighted by molar-refractivity contribution is 7.99. The van der Waals surface area contributed by atoms with E-state index in [4.69, 9.17) is 10.8 Å². The van der Waals surface area contributed by atoms with Gasteiger partial charge in [-0.2, -0.15) is 11.8 Å². The van der Waals surface area contributed by atoms with E-state index < -0.39 is 5.97 Å². The molecule has 0 radical (unpaired) electrons. The fourth-order valence-electron chi connectivity index (χ4n) is 0.434. The molecule has 0 saturated heterocycles. The van der Waals surface area contributed by atoms with E-state index in [9.17, 15) is 9.59 Å². The van der Waals surface area contributed by atoms with Gasteiger partial charge in [-0.05, 0) is 0 Å². The Morgan fingerprint density at radius 1 is 1.27 bits per heavy atom. The number of aliphatic carboxylic acids is 1. The molecule has 0 aliphatic carbocycles. The Hall–Kier alpha value is -0.710. The highest BCUT2D eigenvalue weighted by Crippen LogP contribution is 2.03. The van der Waals surface area contributed by atoms with E-state index in [-0.39, 0.29) is 12.3 Å². The zero-order valence-electron chi connectivity index (χ0n) is 6.08. The Morgan fingerprint density at radius 3 is 2.27 bits per heavy atom. The molecule has 0 aromatic heterocycles. The van der Waals surface area contributed by atoms with E-state index in [1.54, 1.807) is 0 Å². The fraction of sp³-hybridized carbons (Fsp3) is 0.667. The largest absolute Gasteiger partial charge is 0.481 e. The minimum absolute atomic E-state index is 0.142. The molecule has 0 spiro atoms. The number of carbonyl (C=O) groups excluding carboxylic acids is 1. The van der Waals surface area contributed by atoms with E-state index in [2.05, 4.69) is 0 Å². The first-order valence-corrected chi connectivity index (χ1v) is 4.36. The molecule has 0 rings (SSSR count). The molecule has 4 nitrogen and oxygen atoms in total. The summed E-state index contributed by atoms with van der Waals surface area (Å²) < 4.78 is 0. The van der Waals surface area contributed by atoms with Crippen LogP contribution in [0.2, 0.25) is 0 Å². The second-order valence-corrected chi connectivity index (χ2v) is 3.20. The SMILES string of the molecule is NC(=O)CCSCCC(=O)O. The van der Waals surface area contributed by atoms with Gasteiger partial charge in [0, 0.05) is 17.9 Å². The number of carboxylic acid groups (broad SMARTS) is 1. The van der Waals surface area contributed by atoms with Crippen LogP contribution in [0.5, 0.6) is 0 Å². The number of thioether (sulfide) groups is 1. The Labute approximate surface area is 69.1 Å².